The maximum Gasteiger partial charge on any atom is 0.416 e. The summed E-state index contributed by atoms with van der Waals surface area (Å²) < 4.78 is 38.8. The number of piperazine rings is 1. The van der Waals surface area contributed by atoms with E-state index in [1.807, 2.05) is 31.2 Å². The summed E-state index contributed by atoms with van der Waals surface area (Å²) in [5, 5.41) is 12.2. The van der Waals surface area contributed by atoms with Crippen LogP contribution in [0, 0.1) is 17.0 Å². The highest BCUT2D eigenvalue weighted by Crippen LogP contribution is 2.37. The molecule has 0 saturated carbocycles. The van der Waals surface area contributed by atoms with Crippen molar-refractivity contribution in [2.45, 2.75) is 13.1 Å². The van der Waals surface area contributed by atoms with Crippen molar-refractivity contribution < 1.29 is 22.9 Å². The molecule has 7 nitrogen and oxygen atoms in total. The second-order valence-corrected chi connectivity index (χ2v) is 7.41. The fourth-order valence-corrected chi connectivity index (χ4v) is 3.97. The van der Waals surface area contributed by atoms with Crippen molar-refractivity contribution in [3.63, 3.8) is 0 Å². The van der Waals surface area contributed by atoms with Crippen molar-refractivity contribution in [1.29, 1.82) is 0 Å². The van der Waals surface area contributed by atoms with Crippen LogP contribution < -0.4 is 4.90 Å². The van der Waals surface area contributed by atoms with Crippen LogP contribution in [0.3, 0.4) is 0 Å². The summed E-state index contributed by atoms with van der Waals surface area (Å²) in [7, 11) is 0. The Bertz CT molecular complexity index is 1160. The number of aromatic nitrogens is 1. The molecule has 31 heavy (non-hydrogen) atoms. The van der Waals surface area contributed by atoms with Gasteiger partial charge in [-0.2, -0.15) is 13.2 Å². The van der Waals surface area contributed by atoms with Gasteiger partial charge in [0.2, 0.25) is 0 Å². The van der Waals surface area contributed by atoms with E-state index in [0.717, 1.165) is 28.7 Å². The molecule has 162 valence electrons. The molecule has 4 rings (SSSR count). The predicted octanol–water partition coefficient (Wildman–Crippen LogP) is 4.37. The van der Waals surface area contributed by atoms with E-state index in [2.05, 4.69) is 4.98 Å². The van der Waals surface area contributed by atoms with Crippen molar-refractivity contribution in [3.05, 3.63) is 69.4 Å². The van der Waals surface area contributed by atoms with Gasteiger partial charge in [0.15, 0.2) is 0 Å². The topological polar surface area (TPSA) is 82.5 Å². The molecule has 0 spiro atoms. The Hall–Kier alpha value is -3.56. The van der Waals surface area contributed by atoms with Gasteiger partial charge in [-0.05, 0) is 25.1 Å². The lowest BCUT2D eigenvalue weighted by molar-refractivity contribution is -0.384. The third kappa shape index (κ3) is 3.80. The Morgan fingerprint density at radius 1 is 1.10 bits per heavy atom. The summed E-state index contributed by atoms with van der Waals surface area (Å²) in [6.45, 7) is 2.99. The number of para-hydroxylation sites is 1. The molecule has 1 N–H and O–H groups in total. The standard InChI is InChI=1S/C21H19F3N4O3/c1-13-19(15-4-2-3-5-16(15)25-13)20(29)27-10-8-26(9-11-27)17-7-6-14(21(22,23)24)12-18(17)28(30)31/h2-7,12,25H,8-11H2,1H3. The van der Waals surface area contributed by atoms with Crippen molar-refractivity contribution in [1.82, 2.24) is 9.88 Å². The smallest absolute Gasteiger partial charge is 0.362 e. The highest BCUT2D eigenvalue weighted by atomic mass is 19.4. The van der Waals surface area contributed by atoms with E-state index in [-0.39, 0.29) is 24.7 Å². The third-order valence-electron chi connectivity index (χ3n) is 5.51. The van der Waals surface area contributed by atoms with E-state index in [1.54, 1.807) is 9.80 Å². The van der Waals surface area contributed by atoms with Crippen LogP contribution in [0.4, 0.5) is 24.5 Å². The van der Waals surface area contributed by atoms with Crippen molar-refractivity contribution in [3.8, 4) is 0 Å². The number of H-pyrrole nitrogens is 1. The summed E-state index contributed by atoms with van der Waals surface area (Å²) in [6.07, 6.45) is -4.66. The number of nitro benzene ring substituents is 1. The Kier molecular flexibility index (Phi) is 5.08. The van der Waals surface area contributed by atoms with Gasteiger partial charge in [-0.1, -0.05) is 18.2 Å². The number of alkyl halides is 3. The lowest BCUT2D eigenvalue weighted by atomic mass is 10.1. The Morgan fingerprint density at radius 3 is 2.42 bits per heavy atom. The van der Waals surface area contributed by atoms with Crippen LogP contribution in [0.15, 0.2) is 42.5 Å². The number of nitrogens with zero attached hydrogens (tertiary/aromatic N) is 3. The van der Waals surface area contributed by atoms with Gasteiger partial charge in [-0.3, -0.25) is 14.9 Å². The van der Waals surface area contributed by atoms with E-state index in [9.17, 15) is 28.1 Å². The normalized spacial score (nSPS) is 14.8. The molecule has 1 aliphatic rings. The average Bonchev–Trinajstić information content (AvgIpc) is 3.08. The van der Waals surface area contributed by atoms with Crippen molar-refractivity contribution in [2.24, 2.45) is 0 Å². The first-order valence-corrected chi connectivity index (χ1v) is 9.64. The van der Waals surface area contributed by atoms with Gasteiger partial charge in [0, 0.05) is 48.8 Å². The number of benzene rings is 2. The van der Waals surface area contributed by atoms with Crippen LogP contribution in [-0.4, -0.2) is 46.9 Å². The van der Waals surface area contributed by atoms with Crippen LogP contribution in [0.1, 0.15) is 21.6 Å². The van der Waals surface area contributed by atoms with Crippen LogP contribution >= 0.6 is 0 Å². The monoisotopic (exact) mass is 432 g/mol. The molecule has 1 aliphatic heterocycles. The van der Waals surface area contributed by atoms with Gasteiger partial charge >= 0.3 is 6.18 Å². The minimum absolute atomic E-state index is 0.119. The molecule has 0 aliphatic carbocycles. The molecule has 0 atom stereocenters. The first kappa shape index (κ1) is 20.7. The number of hydrogen-bond acceptors (Lipinski definition) is 4. The molecule has 1 amide bonds. The number of aromatic amines is 1. The maximum absolute atomic E-state index is 13.1. The Labute approximate surface area is 175 Å². The summed E-state index contributed by atoms with van der Waals surface area (Å²) in [4.78, 5) is 30.2. The Balaban J connectivity index is 1.54. The maximum atomic E-state index is 13.1. The molecule has 0 unspecified atom stereocenters. The highest BCUT2D eigenvalue weighted by Gasteiger charge is 2.34. The van der Waals surface area contributed by atoms with E-state index in [1.165, 1.54) is 0 Å². The van der Waals surface area contributed by atoms with E-state index < -0.39 is 22.4 Å². The molecule has 10 heteroatoms. The number of aryl methyl sites for hydroxylation is 1. The summed E-state index contributed by atoms with van der Waals surface area (Å²) in [5.41, 5.74) is 0.668. The zero-order valence-electron chi connectivity index (χ0n) is 16.6. The molecule has 1 aromatic heterocycles. The number of anilines is 1. The molecule has 3 aromatic rings. The number of nitro groups is 1. The predicted molar refractivity (Wildman–Crippen MR) is 109 cm³/mol. The minimum atomic E-state index is -4.66. The molecule has 1 saturated heterocycles. The number of halogens is 3. The molecule has 2 heterocycles. The van der Waals surface area contributed by atoms with Gasteiger partial charge in [-0.15, -0.1) is 0 Å². The van der Waals surface area contributed by atoms with Gasteiger partial charge in [-0.25, -0.2) is 0 Å². The first-order valence-electron chi connectivity index (χ1n) is 9.64. The number of nitrogens with one attached hydrogen (secondary N) is 1. The summed E-state index contributed by atoms with van der Waals surface area (Å²) in [6, 6.07) is 10.0. The number of hydrogen-bond donors (Lipinski definition) is 1. The van der Waals surface area contributed by atoms with E-state index in [4.69, 9.17) is 0 Å². The van der Waals surface area contributed by atoms with Gasteiger partial charge < -0.3 is 14.8 Å². The SMILES string of the molecule is Cc1[nH]c2ccccc2c1C(=O)N1CCN(c2ccc(C(F)(F)F)cc2[N+](=O)[O-])CC1. The van der Waals surface area contributed by atoms with E-state index in [0.29, 0.717) is 24.7 Å². The van der Waals surface area contributed by atoms with Gasteiger partial charge in [0.25, 0.3) is 11.6 Å². The quantitative estimate of drug-likeness (QED) is 0.492. The molecule has 0 bridgehead atoms. The van der Waals surface area contributed by atoms with Crippen molar-refractivity contribution >= 4 is 28.2 Å². The second kappa shape index (κ2) is 7.60. The van der Waals surface area contributed by atoms with Gasteiger partial charge in [0.1, 0.15) is 5.69 Å². The van der Waals surface area contributed by atoms with Crippen LogP contribution in [-0.2, 0) is 6.18 Å². The molecule has 1 fully saturated rings. The average molecular weight is 432 g/mol. The fourth-order valence-electron chi connectivity index (χ4n) is 3.97. The number of amides is 1. The largest absolute Gasteiger partial charge is 0.416 e. The van der Waals surface area contributed by atoms with Crippen LogP contribution in [0.5, 0.6) is 0 Å². The third-order valence-corrected chi connectivity index (χ3v) is 5.51. The Morgan fingerprint density at radius 2 is 1.77 bits per heavy atom. The molecular weight excluding hydrogens is 413 g/mol. The number of carbonyl (C=O) groups excluding carboxylic acids is 1. The summed E-state index contributed by atoms with van der Waals surface area (Å²) in [5.74, 6) is -0.142. The molecule has 0 radical (unpaired) electrons. The minimum Gasteiger partial charge on any atom is -0.362 e. The van der Waals surface area contributed by atoms with E-state index >= 15 is 0 Å². The van der Waals surface area contributed by atoms with Crippen LogP contribution in [0.2, 0.25) is 0 Å². The van der Waals surface area contributed by atoms with Gasteiger partial charge in [0.05, 0.1) is 16.1 Å². The molecule has 2 aromatic carbocycles. The number of rotatable bonds is 3. The lowest BCUT2D eigenvalue weighted by Gasteiger charge is -2.36. The number of carbonyl (C=O) groups is 1. The zero-order chi connectivity index (χ0) is 22.3. The second-order valence-electron chi connectivity index (χ2n) is 7.41. The lowest BCUT2D eigenvalue weighted by Crippen LogP contribution is -2.49. The highest BCUT2D eigenvalue weighted by molar-refractivity contribution is 6.08. The fraction of sp³-hybridized carbons (Fsp3) is 0.286. The van der Waals surface area contributed by atoms with Crippen LogP contribution in [0.25, 0.3) is 10.9 Å². The first-order chi connectivity index (χ1) is 14.7. The van der Waals surface area contributed by atoms with Crippen molar-refractivity contribution in [2.75, 3.05) is 31.1 Å². The summed E-state index contributed by atoms with van der Waals surface area (Å²) >= 11 is 0. The number of fused-ring (bicyclic) bond motifs is 1. The zero-order valence-corrected chi connectivity index (χ0v) is 16.6. The molecular formula is C21H19F3N4O3.